The van der Waals surface area contributed by atoms with Gasteiger partial charge in [-0.05, 0) is 38.4 Å². The van der Waals surface area contributed by atoms with Crippen LogP contribution in [0.25, 0.3) is 22.2 Å². The molecule has 0 aliphatic carbocycles. The first-order valence-corrected chi connectivity index (χ1v) is 10.1. The third-order valence-electron chi connectivity index (χ3n) is 5.22. The summed E-state index contributed by atoms with van der Waals surface area (Å²) in [6, 6.07) is 1.06. The summed E-state index contributed by atoms with van der Waals surface area (Å²) in [7, 11) is 1.35. The van der Waals surface area contributed by atoms with E-state index >= 15 is 4.39 Å². The summed E-state index contributed by atoms with van der Waals surface area (Å²) in [4.78, 5) is 12.7. The Morgan fingerprint density at radius 2 is 1.88 bits per heavy atom. The number of nitrogens with zero attached hydrogens (tertiary/aromatic N) is 3. The van der Waals surface area contributed by atoms with Gasteiger partial charge in [0.15, 0.2) is 17.5 Å². The molecule has 3 aromatic rings. The topological polar surface area (TPSA) is 107 Å². The first-order chi connectivity index (χ1) is 15.3. The van der Waals surface area contributed by atoms with Gasteiger partial charge in [-0.15, -0.1) is 0 Å². The highest BCUT2D eigenvalue weighted by atomic mass is 19.1. The van der Waals surface area contributed by atoms with Crippen molar-refractivity contribution in [3.63, 3.8) is 0 Å². The predicted octanol–water partition coefficient (Wildman–Crippen LogP) is 3.18. The number of halogens is 3. The van der Waals surface area contributed by atoms with Gasteiger partial charge in [-0.25, -0.2) is 18.2 Å². The van der Waals surface area contributed by atoms with Crippen LogP contribution in [0.15, 0.2) is 6.07 Å². The molecule has 0 spiro atoms. The molecule has 1 aliphatic rings. The van der Waals surface area contributed by atoms with Crippen molar-refractivity contribution >= 4 is 22.4 Å². The van der Waals surface area contributed by atoms with Gasteiger partial charge in [-0.2, -0.15) is 9.97 Å². The van der Waals surface area contributed by atoms with Gasteiger partial charge in [0.2, 0.25) is 5.88 Å². The Morgan fingerprint density at radius 3 is 2.62 bits per heavy atom. The van der Waals surface area contributed by atoms with E-state index in [0.29, 0.717) is 26.1 Å². The largest absolute Gasteiger partial charge is 0.474 e. The van der Waals surface area contributed by atoms with Crippen LogP contribution in [0.5, 0.6) is 11.9 Å². The summed E-state index contributed by atoms with van der Waals surface area (Å²) in [5.41, 5.74) is 4.04. The fourth-order valence-corrected chi connectivity index (χ4v) is 3.52. The van der Waals surface area contributed by atoms with Crippen LogP contribution in [0, 0.1) is 24.4 Å². The third kappa shape index (κ3) is 3.83. The van der Waals surface area contributed by atoms with Gasteiger partial charge in [-0.3, -0.25) is 0 Å². The summed E-state index contributed by atoms with van der Waals surface area (Å²) in [5, 5.41) is 6.58. The molecule has 32 heavy (non-hydrogen) atoms. The number of aryl methyl sites for hydroxylation is 1. The lowest BCUT2D eigenvalue weighted by molar-refractivity contribution is 0.205. The Bertz CT molecular complexity index is 1190. The summed E-state index contributed by atoms with van der Waals surface area (Å²) in [6.45, 7) is 5.07. The monoisotopic (exact) mass is 448 g/mol. The van der Waals surface area contributed by atoms with Gasteiger partial charge >= 0.3 is 6.01 Å². The predicted molar refractivity (Wildman–Crippen MR) is 114 cm³/mol. The molecule has 1 atom stereocenters. The Balaban J connectivity index is 2.05. The van der Waals surface area contributed by atoms with Crippen LogP contribution >= 0.6 is 0 Å². The zero-order valence-electron chi connectivity index (χ0n) is 17.9. The average molecular weight is 448 g/mol. The highest BCUT2D eigenvalue weighted by Gasteiger charge is 2.27. The molecule has 0 bridgehead atoms. The number of hydrogen-bond acceptors (Lipinski definition) is 8. The van der Waals surface area contributed by atoms with Crippen LogP contribution in [-0.2, 0) is 0 Å². The number of ether oxygens (including phenoxy) is 2. The number of nitrogen functional groups attached to an aromatic ring is 1. The number of benzene rings is 1. The van der Waals surface area contributed by atoms with E-state index in [9.17, 15) is 8.78 Å². The van der Waals surface area contributed by atoms with Gasteiger partial charge in [0.05, 0.1) is 13.2 Å². The number of rotatable bonds is 2. The second-order valence-electron chi connectivity index (χ2n) is 7.54. The van der Waals surface area contributed by atoms with E-state index in [2.05, 4.69) is 25.6 Å². The molecule has 11 heteroatoms. The molecular formula is C21H23F3N6O2. The molecule has 1 aliphatic heterocycles. The Morgan fingerprint density at radius 1 is 1.09 bits per heavy atom. The van der Waals surface area contributed by atoms with Gasteiger partial charge in [0, 0.05) is 18.7 Å². The zero-order valence-corrected chi connectivity index (χ0v) is 17.9. The lowest BCUT2D eigenvalue weighted by atomic mass is 10.0. The molecule has 0 radical (unpaired) electrons. The van der Waals surface area contributed by atoms with Crippen molar-refractivity contribution in [2.45, 2.75) is 26.4 Å². The minimum absolute atomic E-state index is 0.0240. The van der Waals surface area contributed by atoms with Crippen molar-refractivity contribution in [2.75, 3.05) is 37.8 Å². The number of anilines is 2. The minimum Gasteiger partial charge on any atom is -0.474 e. The maximum Gasteiger partial charge on any atom is 0.318 e. The van der Waals surface area contributed by atoms with Gasteiger partial charge in [0.25, 0.3) is 0 Å². The van der Waals surface area contributed by atoms with Crippen LogP contribution < -0.4 is 25.8 Å². The molecule has 1 unspecified atom stereocenters. The van der Waals surface area contributed by atoms with Crippen molar-refractivity contribution in [1.29, 1.82) is 0 Å². The Hall–Kier alpha value is -3.34. The number of aromatic nitrogens is 3. The van der Waals surface area contributed by atoms with Crippen molar-refractivity contribution in [2.24, 2.45) is 0 Å². The van der Waals surface area contributed by atoms with Crippen molar-refractivity contribution in [1.82, 2.24) is 20.3 Å². The Labute approximate surface area is 182 Å². The molecule has 0 fully saturated rings. The second kappa shape index (κ2) is 8.65. The molecule has 4 rings (SSSR count). The summed E-state index contributed by atoms with van der Waals surface area (Å²) in [6.07, 6.45) is 0.355. The molecule has 3 heterocycles. The molecular weight excluding hydrogens is 425 g/mol. The van der Waals surface area contributed by atoms with E-state index in [1.165, 1.54) is 14.0 Å². The van der Waals surface area contributed by atoms with E-state index < -0.39 is 28.8 Å². The highest BCUT2D eigenvalue weighted by Crippen LogP contribution is 2.39. The normalized spacial score (nSPS) is 16.8. The minimum atomic E-state index is -1.11. The number of methoxy groups -OCH3 is 1. The fraction of sp³-hybridized carbons (Fsp3) is 0.381. The lowest BCUT2D eigenvalue weighted by Crippen LogP contribution is -2.26. The van der Waals surface area contributed by atoms with E-state index in [1.807, 2.05) is 6.92 Å². The molecule has 4 N–H and O–H groups in total. The molecule has 2 aromatic heterocycles. The van der Waals surface area contributed by atoms with Gasteiger partial charge in [0.1, 0.15) is 28.1 Å². The van der Waals surface area contributed by atoms with Crippen LogP contribution in [0.4, 0.5) is 24.7 Å². The van der Waals surface area contributed by atoms with E-state index in [4.69, 9.17) is 15.2 Å². The smallest absolute Gasteiger partial charge is 0.318 e. The lowest BCUT2D eigenvalue weighted by Gasteiger charge is -2.18. The number of nitrogens with two attached hydrogens (primary N) is 1. The van der Waals surface area contributed by atoms with E-state index in [1.54, 1.807) is 0 Å². The molecule has 8 nitrogen and oxygen atoms in total. The van der Waals surface area contributed by atoms with Crippen LogP contribution in [-0.4, -0.2) is 47.8 Å². The van der Waals surface area contributed by atoms with E-state index in [-0.39, 0.29) is 45.8 Å². The van der Waals surface area contributed by atoms with Crippen LogP contribution in [0.3, 0.4) is 0 Å². The molecule has 170 valence electrons. The standard InChI is InChI=1S/C21H23F3N6O2/c1-9-8-11(14(23)16(25)13(9)22)17-15(24)18-12-19(30-21(29-18)31-3)27-7-6-26-5-4-10(2)32-20(12)28-17/h8,10,26H,4-7,25H2,1-3H3,(H,27,29,30). The third-order valence-corrected chi connectivity index (χ3v) is 5.22. The SMILES string of the molecule is COc1nc2c3c(nc(-c4cc(C)c(F)c(N)c4F)c(F)c3n1)OC(C)CCNCCN2. The summed E-state index contributed by atoms with van der Waals surface area (Å²) < 4.78 is 55.8. The van der Waals surface area contributed by atoms with Crippen molar-refractivity contribution in [3.8, 4) is 23.1 Å². The van der Waals surface area contributed by atoms with Gasteiger partial charge < -0.3 is 25.8 Å². The maximum atomic E-state index is 15.7. The maximum absolute atomic E-state index is 15.7. The first-order valence-electron chi connectivity index (χ1n) is 10.1. The molecule has 1 aromatic carbocycles. The highest BCUT2D eigenvalue weighted by molar-refractivity contribution is 5.96. The van der Waals surface area contributed by atoms with Crippen LogP contribution in [0.2, 0.25) is 0 Å². The average Bonchev–Trinajstić information content (AvgIpc) is 2.81. The van der Waals surface area contributed by atoms with Crippen molar-refractivity contribution in [3.05, 3.63) is 29.1 Å². The first kappa shape index (κ1) is 21.9. The Kier molecular flexibility index (Phi) is 5.92. The van der Waals surface area contributed by atoms with E-state index in [0.717, 1.165) is 6.07 Å². The number of pyridine rings is 1. The second-order valence-corrected chi connectivity index (χ2v) is 7.54. The molecule has 0 amide bonds. The number of nitrogens with one attached hydrogen (secondary N) is 2. The van der Waals surface area contributed by atoms with Crippen molar-refractivity contribution < 1.29 is 22.6 Å². The summed E-state index contributed by atoms with van der Waals surface area (Å²) in [5.74, 6) is -2.65. The summed E-state index contributed by atoms with van der Waals surface area (Å²) >= 11 is 0. The molecule has 0 saturated heterocycles. The molecule has 0 saturated carbocycles. The fourth-order valence-electron chi connectivity index (χ4n) is 3.52. The van der Waals surface area contributed by atoms with Crippen LogP contribution in [0.1, 0.15) is 18.9 Å². The number of hydrogen-bond donors (Lipinski definition) is 3. The van der Waals surface area contributed by atoms with Gasteiger partial charge in [-0.1, -0.05) is 0 Å². The quantitative estimate of drug-likeness (QED) is 0.513. The zero-order chi connectivity index (χ0) is 23.0.